The van der Waals surface area contributed by atoms with Crippen LogP contribution in [-0.2, 0) is 11.3 Å². The fourth-order valence-electron chi connectivity index (χ4n) is 4.59. The van der Waals surface area contributed by atoms with Crippen molar-refractivity contribution < 1.29 is 4.79 Å². The van der Waals surface area contributed by atoms with Gasteiger partial charge in [-0.1, -0.05) is 6.08 Å². The van der Waals surface area contributed by atoms with Gasteiger partial charge in [-0.05, 0) is 83.9 Å². The number of anilines is 2. The van der Waals surface area contributed by atoms with Crippen LogP contribution in [0.5, 0.6) is 0 Å². The minimum atomic E-state index is -0.321. The fraction of sp³-hybridized carbons (Fsp3) is 0.433. The molecule has 1 fully saturated rings. The van der Waals surface area contributed by atoms with Crippen LogP contribution in [0.15, 0.2) is 69.0 Å². The van der Waals surface area contributed by atoms with Crippen LogP contribution in [0.3, 0.4) is 0 Å². The highest BCUT2D eigenvalue weighted by Gasteiger charge is 2.22. The number of aldehydes is 1. The van der Waals surface area contributed by atoms with Crippen molar-refractivity contribution in [2.24, 2.45) is 15.1 Å². The van der Waals surface area contributed by atoms with Crippen molar-refractivity contribution in [3.63, 3.8) is 0 Å². The number of hydrogen-bond donors (Lipinski definition) is 1. The van der Waals surface area contributed by atoms with Crippen molar-refractivity contribution in [3.8, 4) is 0 Å². The highest BCUT2D eigenvalue weighted by Crippen LogP contribution is 2.23. The van der Waals surface area contributed by atoms with Gasteiger partial charge in [0.2, 0.25) is 0 Å². The average molecular weight is 562 g/mol. The van der Waals surface area contributed by atoms with Crippen molar-refractivity contribution in [3.05, 3.63) is 65.0 Å². The summed E-state index contributed by atoms with van der Waals surface area (Å²) in [6.45, 7) is 14.0. The molecule has 0 saturated carbocycles. The number of piperidine rings is 1. The maximum Gasteiger partial charge on any atom is 0.278 e. The summed E-state index contributed by atoms with van der Waals surface area (Å²) in [5.41, 5.74) is 2.09. The Labute approximate surface area is 242 Å². The summed E-state index contributed by atoms with van der Waals surface area (Å²) in [5, 5.41) is 9.61. The lowest BCUT2D eigenvalue weighted by Crippen LogP contribution is -2.41. The summed E-state index contributed by atoms with van der Waals surface area (Å²) in [6.07, 6.45) is 8.91. The number of nitrogens with zero attached hydrogens (tertiary/aromatic N) is 8. The first-order chi connectivity index (χ1) is 19.7. The van der Waals surface area contributed by atoms with E-state index in [1.807, 2.05) is 33.0 Å². The summed E-state index contributed by atoms with van der Waals surface area (Å²) >= 11 is 0. The number of aliphatic imine (C=N–C) groups is 2. The topological polar surface area (TPSA) is 103 Å². The molecule has 41 heavy (non-hydrogen) atoms. The summed E-state index contributed by atoms with van der Waals surface area (Å²) in [6, 6.07) is 9.06. The molecule has 2 heterocycles. The SMILES string of the molecule is C=CCn1c(=O)c(C=NCNc2ccc(N3CCC(N(C)C)CC3)cc2)c(N=C)n1C(/C=C\C=O)=N/N(C)C(C)C. The summed E-state index contributed by atoms with van der Waals surface area (Å²) < 4.78 is 2.97. The standard InChI is InChI=1S/C30H43N9O2/c1-8-17-38-30(41)27(29(31-4)39(38)28(10-9-20-40)34-36(7)23(2)3)21-32-22-33-24-11-13-26(14-12-24)37-18-15-25(16-19-37)35(5)6/h8-14,20-21,23,25,33H,1,4,15-19,22H2,2-3,5-7H3/b10-9-,32-21?,34-28+. The number of hydrogen-bond acceptors (Lipinski definition) is 9. The van der Waals surface area contributed by atoms with E-state index in [1.54, 1.807) is 11.1 Å². The molecule has 0 amide bonds. The Morgan fingerprint density at radius 3 is 2.41 bits per heavy atom. The normalized spacial score (nSPS) is 14.9. The van der Waals surface area contributed by atoms with Crippen LogP contribution in [0.2, 0.25) is 0 Å². The van der Waals surface area contributed by atoms with Crippen molar-refractivity contribution in [2.75, 3.05) is 51.1 Å². The van der Waals surface area contributed by atoms with Crippen molar-refractivity contribution in [1.29, 1.82) is 0 Å². The second kappa shape index (κ2) is 14.9. The first-order valence-corrected chi connectivity index (χ1v) is 13.8. The molecule has 1 aromatic carbocycles. The van der Waals surface area contributed by atoms with Crippen LogP contribution < -0.4 is 15.8 Å². The van der Waals surface area contributed by atoms with Gasteiger partial charge >= 0.3 is 0 Å². The number of benzene rings is 1. The molecular formula is C30H43N9O2. The van der Waals surface area contributed by atoms with Crippen LogP contribution in [0, 0.1) is 0 Å². The van der Waals surface area contributed by atoms with Gasteiger partial charge in [-0.3, -0.25) is 19.6 Å². The number of aromatic nitrogens is 2. The molecule has 0 bridgehead atoms. The number of hydrazone groups is 1. The molecule has 1 saturated heterocycles. The highest BCUT2D eigenvalue weighted by atomic mass is 16.1. The van der Waals surface area contributed by atoms with Gasteiger partial charge in [-0.2, -0.15) is 5.10 Å². The maximum atomic E-state index is 13.4. The summed E-state index contributed by atoms with van der Waals surface area (Å²) in [7, 11) is 6.11. The Kier molecular flexibility index (Phi) is 11.4. The zero-order valence-electron chi connectivity index (χ0n) is 24.9. The summed E-state index contributed by atoms with van der Waals surface area (Å²) in [5.74, 6) is 0.605. The predicted molar refractivity (Wildman–Crippen MR) is 170 cm³/mol. The van der Waals surface area contributed by atoms with E-state index < -0.39 is 0 Å². The Balaban J connectivity index is 1.79. The molecule has 3 rings (SSSR count). The van der Waals surface area contributed by atoms with Crippen LogP contribution >= 0.6 is 0 Å². The Morgan fingerprint density at radius 1 is 1.17 bits per heavy atom. The molecule has 1 N–H and O–H groups in total. The van der Waals surface area contributed by atoms with E-state index in [0.29, 0.717) is 18.2 Å². The third kappa shape index (κ3) is 7.91. The van der Waals surface area contributed by atoms with E-state index >= 15 is 0 Å². The lowest BCUT2D eigenvalue weighted by atomic mass is 10.0. The minimum absolute atomic E-state index is 0.0846. The van der Waals surface area contributed by atoms with Gasteiger partial charge in [-0.15, -0.1) is 6.58 Å². The fourth-order valence-corrected chi connectivity index (χ4v) is 4.59. The van der Waals surface area contributed by atoms with Gasteiger partial charge in [0, 0.05) is 49.8 Å². The first-order valence-electron chi connectivity index (χ1n) is 13.8. The maximum absolute atomic E-state index is 13.4. The van der Waals surface area contributed by atoms with Gasteiger partial charge < -0.3 is 15.1 Å². The number of carbonyl (C=O) groups excluding carboxylic acids is 1. The average Bonchev–Trinajstić information content (AvgIpc) is 3.23. The van der Waals surface area contributed by atoms with Gasteiger partial charge in [0.1, 0.15) is 18.5 Å². The molecule has 2 aromatic rings. The molecule has 0 aliphatic carbocycles. The lowest BCUT2D eigenvalue weighted by Gasteiger charge is -2.36. The molecule has 0 unspecified atom stereocenters. The van der Waals surface area contributed by atoms with Gasteiger partial charge in [0.25, 0.3) is 5.56 Å². The van der Waals surface area contributed by atoms with Crippen molar-refractivity contribution >= 4 is 42.2 Å². The van der Waals surface area contributed by atoms with E-state index in [1.165, 1.54) is 33.4 Å². The predicted octanol–water partition coefficient (Wildman–Crippen LogP) is 3.44. The quantitative estimate of drug-likeness (QED) is 0.100. The van der Waals surface area contributed by atoms with Crippen molar-refractivity contribution in [1.82, 2.24) is 19.3 Å². The largest absolute Gasteiger partial charge is 0.371 e. The van der Waals surface area contributed by atoms with Crippen LogP contribution in [0.1, 0.15) is 32.3 Å². The van der Waals surface area contributed by atoms with Gasteiger partial charge in [-0.25, -0.2) is 14.4 Å². The van der Waals surface area contributed by atoms with Crippen LogP contribution in [0.4, 0.5) is 17.2 Å². The van der Waals surface area contributed by atoms with E-state index in [4.69, 9.17) is 0 Å². The van der Waals surface area contributed by atoms with E-state index in [9.17, 15) is 9.59 Å². The Hall–Kier alpha value is -4.25. The molecule has 1 aromatic heterocycles. The number of nitrogens with one attached hydrogen (secondary N) is 1. The van der Waals surface area contributed by atoms with Gasteiger partial charge in [0.15, 0.2) is 11.7 Å². The smallest absolute Gasteiger partial charge is 0.278 e. The number of carbonyl (C=O) groups is 1. The monoisotopic (exact) mass is 561 g/mol. The van der Waals surface area contributed by atoms with Gasteiger partial charge in [0.05, 0.1) is 6.54 Å². The number of rotatable bonds is 13. The third-order valence-electron chi connectivity index (χ3n) is 7.17. The molecular weight excluding hydrogens is 518 g/mol. The Bertz CT molecular complexity index is 1320. The van der Waals surface area contributed by atoms with E-state index in [0.717, 1.165) is 31.6 Å². The second-order valence-electron chi connectivity index (χ2n) is 10.4. The molecule has 220 valence electrons. The molecule has 0 atom stereocenters. The molecule has 1 aliphatic rings. The van der Waals surface area contributed by atoms with Crippen LogP contribution in [0.25, 0.3) is 0 Å². The third-order valence-corrected chi connectivity index (χ3v) is 7.17. The van der Waals surface area contributed by atoms with E-state index in [2.05, 4.69) is 69.7 Å². The van der Waals surface area contributed by atoms with E-state index in [-0.39, 0.29) is 36.2 Å². The lowest BCUT2D eigenvalue weighted by molar-refractivity contribution is -0.104. The van der Waals surface area contributed by atoms with Crippen molar-refractivity contribution in [2.45, 2.75) is 45.3 Å². The molecule has 0 spiro atoms. The highest BCUT2D eigenvalue weighted by molar-refractivity contribution is 6.00. The zero-order valence-corrected chi connectivity index (χ0v) is 24.9. The molecule has 0 radical (unpaired) electrons. The molecule has 11 heteroatoms. The first kappa shape index (κ1) is 31.3. The zero-order chi connectivity index (χ0) is 29.9. The minimum Gasteiger partial charge on any atom is -0.371 e. The second-order valence-corrected chi connectivity index (χ2v) is 10.4. The van der Waals surface area contributed by atoms with Crippen LogP contribution in [-0.4, -0.2) is 97.3 Å². The number of allylic oxidation sites excluding steroid dienone is 3. The summed E-state index contributed by atoms with van der Waals surface area (Å²) in [4.78, 5) is 37.8. The molecule has 1 aliphatic heterocycles. The Morgan fingerprint density at radius 2 is 1.85 bits per heavy atom. The molecule has 11 nitrogen and oxygen atoms in total.